The summed E-state index contributed by atoms with van der Waals surface area (Å²) >= 11 is 0. The standard InChI is InChI=1S/C15H16FN3O3/c16-12-3-1-11(2-4-12)15-17-13(22-18-15)5-6-14(20)19-7-9-21-10-8-19/h1-4H,5-10H2. The van der Waals surface area contributed by atoms with Crippen molar-refractivity contribution in [3.8, 4) is 11.4 Å². The highest BCUT2D eigenvalue weighted by Crippen LogP contribution is 2.16. The molecule has 1 amide bonds. The highest BCUT2D eigenvalue weighted by atomic mass is 19.1. The van der Waals surface area contributed by atoms with Crippen LogP contribution >= 0.6 is 0 Å². The number of benzene rings is 1. The number of rotatable bonds is 4. The molecule has 0 aliphatic carbocycles. The number of amides is 1. The summed E-state index contributed by atoms with van der Waals surface area (Å²) < 4.78 is 23.2. The number of halogens is 1. The van der Waals surface area contributed by atoms with Gasteiger partial charge in [-0.3, -0.25) is 4.79 Å². The Balaban J connectivity index is 1.57. The molecule has 6 nitrogen and oxygen atoms in total. The monoisotopic (exact) mass is 305 g/mol. The average molecular weight is 305 g/mol. The molecule has 0 spiro atoms. The maximum atomic E-state index is 12.9. The topological polar surface area (TPSA) is 68.5 Å². The molecule has 0 atom stereocenters. The van der Waals surface area contributed by atoms with Crippen molar-refractivity contribution in [1.82, 2.24) is 15.0 Å². The fraction of sp³-hybridized carbons (Fsp3) is 0.400. The second-order valence-corrected chi connectivity index (χ2v) is 5.01. The van der Waals surface area contributed by atoms with Gasteiger partial charge in [-0.05, 0) is 24.3 Å². The lowest BCUT2D eigenvalue weighted by atomic mass is 10.2. The fourth-order valence-corrected chi connectivity index (χ4v) is 2.26. The minimum absolute atomic E-state index is 0.0600. The molecule has 1 saturated heterocycles. The maximum absolute atomic E-state index is 12.9. The van der Waals surface area contributed by atoms with Gasteiger partial charge < -0.3 is 14.2 Å². The number of carbonyl (C=O) groups excluding carboxylic acids is 1. The predicted molar refractivity (Wildman–Crippen MR) is 75.4 cm³/mol. The molecule has 22 heavy (non-hydrogen) atoms. The van der Waals surface area contributed by atoms with Crippen molar-refractivity contribution in [3.63, 3.8) is 0 Å². The van der Waals surface area contributed by atoms with Crippen molar-refractivity contribution < 1.29 is 18.4 Å². The van der Waals surface area contributed by atoms with E-state index in [-0.39, 0.29) is 11.7 Å². The SMILES string of the molecule is O=C(CCc1nc(-c2ccc(F)cc2)no1)N1CCOCC1. The van der Waals surface area contributed by atoms with Crippen LogP contribution in [0, 0.1) is 5.82 Å². The quantitative estimate of drug-likeness (QED) is 0.859. The lowest BCUT2D eigenvalue weighted by molar-refractivity contribution is -0.135. The van der Waals surface area contributed by atoms with Crippen LogP contribution in [0.25, 0.3) is 11.4 Å². The van der Waals surface area contributed by atoms with Gasteiger partial charge in [0.1, 0.15) is 5.82 Å². The van der Waals surface area contributed by atoms with Crippen LogP contribution in [0.15, 0.2) is 28.8 Å². The van der Waals surface area contributed by atoms with E-state index >= 15 is 0 Å². The zero-order valence-corrected chi connectivity index (χ0v) is 12.0. The fourth-order valence-electron chi connectivity index (χ4n) is 2.26. The number of aromatic nitrogens is 2. The summed E-state index contributed by atoms with van der Waals surface area (Å²) in [5.41, 5.74) is 0.677. The molecule has 0 radical (unpaired) electrons. The Hall–Kier alpha value is -2.28. The third kappa shape index (κ3) is 3.48. The summed E-state index contributed by atoms with van der Waals surface area (Å²) in [7, 11) is 0. The van der Waals surface area contributed by atoms with Crippen molar-refractivity contribution in [2.45, 2.75) is 12.8 Å². The Morgan fingerprint density at radius 3 is 2.68 bits per heavy atom. The summed E-state index contributed by atoms with van der Waals surface area (Å²) in [6.07, 6.45) is 0.718. The van der Waals surface area contributed by atoms with Gasteiger partial charge in [0.25, 0.3) is 0 Å². The molecule has 3 rings (SSSR count). The van der Waals surface area contributed by atoms with Crippen molar-refractivity contribution >= 4 is 5.91 Å². The van der Waals surface area contributed by atoms with E-state index in [1.807, 2.05) is 0 Å². The van der Waals surface area contributed by atoms with E-state index in [0.29, 0.717) is 56.4 Å². The molecule has 2 heterocycles. The highest BCUT2D eigenvalue weighted by Gasteiger charge is 2.18. The summed E-state index contributed by atoms with van der Waals surface area (Å²) in [6.45, 7) is 2.43. The van der Waals surface area contributed by atoms with Crippen LogP contribution in [0.4, 0.5) is 4.39 Å². The Labute approximate surface area is 126 Å². The van der Waals surface area contributed by atoms with E-state index in [2.05, 4.69) is 10.1 Å². The minimum atomic E-state index is -0.316. The molecular weight excluding hydrogens is 289 g/mol. The van der Waals surface area contributed by atoms with Gasteiger partial charge >= 0.3 is 0 Å². The van der Waals surface area contributed by atoms with E-state index in [0.717, 1.165) is 0 Å². The van der Waals surface area contributed by atoms with Crippen LogP contribution in [-0.4, -0.2) is 47.3 Å². The minimum Gasteiger partial charge on any atom is -0.378 e. The van der Waals surface area contributed by atoms with Crippen LogP contribution in [0.3, 0.4) is 0 Å². The summed E-state index contributed by atoms with van der Waals surface area (Å²) in [5.74, 6) is 0.545. The number of nitrogens with zero attached hydrogens (tertiary/aromatic N) is 3. The molecule has 7 heteroatoms. The van der Waals surface area contributed by atoms with Crippen LogP contribution in [0.1, 0.15) is 12.3 Å². The molecule has 1 aromatic heterocycles. The smallest absolute Gasteiger partial charge is 0.227 e. The summed E-state index contributed by atoms with van der Waals surface area (Å²) in [6, 6.07) is 5.85. The molecule has 0 saturated carbocycles. The van der Waals surface area contributed by atoms with E-state index in [4.69, 9.17) is 9.26 Å². The van der Waals surface area contributed by atoms with Gasteiger partial charge in [-0.1, -0.05) is 5.16 Å². The number of hydrogen-bond acceptors (Lipinski definition) is 5. The average Bonchev–Trinajstić information content (AvgIpc) is 3.03. The van der Waals surface area contributed by atoms with Crippen molar-refractivity contribution in [2.24, 2.45) is 0 Å². The van der Waals surface area contributed by atoms with Gasteiger partial charge in [0.05, 0.1) is 13.2 Å². The van der Waals surface area contributed by atoms with E-state index in [1.54, 1.807) is 17.0 Å². The lowest BCUT2D eigenvalue weighted by Gasteiger charge is -2.26. The molecule has 2 aromatic rings. The zero-order valence-electron chi connectivity index (χ0n) is 12.0. The number of aryl methyl sites for hydroxylation is 1. The first-order chi connectivity index (χ1) is 10.7. The molecule has 1 aliphatic heterocycles. The second kappa shape index (κ2) is 6.65. The number of morpholine rings is 1. The first kappa shape index (κ1) is 14.6. The number of ether oxygens (including phenoxy) is 1. The maximum Gasteiger partial charge on any atom is 0.227 e. The summed E-state index contributed by atoms with van der Waals surface area (Å²) in [5, 5.41) is 3.85. The molecule has 1 aliphatic rings. The zero-order chi connectivity index (χ0) is 15.4. The largest absolute Gasteiger partial charge is 0.378 e. The Bertz CT molecular complexity index is 636. The summed E-state index contributed by atoms with van der Waals surface area (Å²) in [4.78, 5) is 18.0. The van der Waals surface area contributed by atoms with Gasteiger partial charge in [0.15, 0.2) is 0 Å². The molecule has 116 valence electrons. The van der Waals surface area contributed by atoms with Gasteiger partial charge in [-0.15, -0.1) is 0 Å². The van der Waals surface area contributed by atoms with Gasteiger partial charge in [-0.25, -0.2) is 4.39 Å². The Morgan fingerprint density at radius 2 is 1.95 bits per heavy atom. The van der Waals surface area contributed by atoms with Gasteiger partial charge in [-0.2, -0.15) is 4.98 Å². The van der Waals surface area contributed by atoms with E-state index < -0.39 is 0 Å². The van der Waals surface area contributed by atoms with Crippen molar-refractivity contribution in [1.29, 1.82) is 0 Å². The van der Waals surface area contributed by atoms with Crippen molar-refractivity contribution in [2.75, 3.05) is 26.3 Å². The van der Waals surface area contributed by atoms with E-state index in [9.17, 15) is 9.18 Å². The van der Waals surface area contributed by atoms with Crippen molar-refractivity contribution in [3.05, 3.63) is 36.0 Å². The Kier molecular flexibility index (Phi) is 4.43. The highest BCUT2D eigenvalue weighted by molar-refractivity contribution is 5.76. The van der Waals surface area contributed by atoms with Gasteiger partial charge in [0.2, 0.25) is 17.6 Å². The molecule has 0 bridgehead atoms. The molecule has 1 aromatic carbocycles. The van der Waals surface area contributed by atoms with E-state index in [1.165, 1.54) is 12.1 Å². The number of hydrogen-bond donors (Lipinski definition) is 0. The molecule has 0 N–H and O–H groups in total. The van der Waals surface area contributed by atoms with Crippen LogP contribution in [0.2, 0.25) is 0 Å². The molecule has 0 unspecified atom stereocenters. The Morgan fingerprint density at radius 1 is 1.23 bits per heavy atom. The molecule has 1 fully saturated rings. The predicted octanol–water partition coefficient (Wildman–Crippen LogP) is 1.67. The van der Waals surface area contributed by atoms with Crippen LogP contribution < -0.4 is 0 Å². The molecular formula is C15H16FN3O3. The van der Waals surface area contributed by atoms with Crippen LogP contribution in [0.5, 0.6) is 0 Å². The van der Waals surface area contributed by atoms with Crippen LogP contribution in [-0.2, 0) is 16.0 Å². The lowest BCUT2D eigenvalue weighted by Crippen LogP contribution is -2.40. The normalized spacial score (nSPS) is 15.0. The first-order valence-corrected chi connectivity index (χ1v) is 7.16. The third-order valence-corrected chi connectivity index (χ3v) is 3.49. The van der Waals surface area contributed by atoms with Gasteiger partial charge in [0, 0.05) is 31.5 Å². The third-order valence-electron chi connectivity index (χ3n) is 3.49. The second-order valence-electron chi connectivity index (χ2n) is 5.01. The number of carbonyl (C=O) groups is 1. The first-order valence-electron chi connectivity index (χ1n) is 7.16.